The molecule has 29 heavy (non-hydrogen) atoms. The molecular weight excluding hydrogens is 364 g/mol. The first-order chi connectivity index (χ1) is 14.1. The van der Waals surface area contributed by atoms with Crippen LogP contribution in [0.2, 0.25) is 0 Å². The monoisotopic (exact) mass is 392 g/mol. The van der Waals surface area contributed by atoms with Crippen LogP contribution in [0.3, 0.4) is 0 Å². The number of unbranched alkanes of at least 4 members (excludes halogenated alkanes) is 1. The Balaban J connectivity index is 1.43. The van der Waals surface area contributed by atoms with E-state index < -0.39 is 5.97 Å². The zero-order valence-corrected chi connectivity index (χ0v) is 16.7. The lowest BCUT2D eigenvalue weighted by Gasteiger charge is -2.53. The van der Waals surface area contributed by atoms with E-state index in [0.717, 1.165) is 68.6 Å². The zero-order chi connectivity index (χ0) is 20.2. The van der Waals surface area contributed by atoms with Crippen molar-refractivity contribution in [2.24, 2.45) is 5.41 Å². The van der Waals surface area contributed by atoms with Crippen molar-refractivity contribution in [3.63, 3.8) is 0 Å². The second-order valence-corrected chi connectivity index (χ2v) is 8.33. The van der Waals surface area contributed by atoms with Crippen LogP contribution in [-0.4, -0.2) is 17.7 Å². The van der Waals surface area contributed by atoms with Gasteiger partial charge in [0.1, 0.15) is 11.5 Å². The van der Waals surface area contributed by atoms with Gasteiger partial charge in [0, 0.05) is 11.6 Å². The van der Waals surface area contributed by atoms with Gasteiger partial charge in [-0.3, -0.25) is 0 Å². The molecule has 1 aliphatic carbocycles. The smallest absolute Gasteiger partial charge is 0.327 e. The first kappa shape index (κ1) is 19.7. The summed E-state index contributed by atoms with van der Waals surface area (Å²) in [5, 5.41) is 8.70. The number of carbonyl (C=O) groups is 1. The molecule has 0 radical (unpaired) electrons. The van der Waals surface area contributed by atoms with E-state index in [1.54, 1.807) is 6.08 Å². The van der Waals surface area contributed by atoms with E-state index in [2.05, 4.69) is 12.1 Å². The minimum absolute atomic E-state index is 0.244. The van der Waals surface area contributed by atoms with Crippen molar-refractivity contribution in [1.82, 2.24) is 0 Å². The van der Waals surface area contributed by atoms with Crippen LogP contribution >= 0.6 is 0 Å². The number of carboxylic acids is 1. The molecule has 152 valence electrons. The fourth-order valence-corrected chi connectivity index (χ4v) is 4.76. The maximum Gasteiger partial charge on any atom is 0.327 e. The van der Waals surface area contributed by atoms with Crippen LogP contribution < -0.4 is 4.74 Å². The van der Waals surface area contributed by atoms with Gasteiger partial charge in [-0.25, -0.2) is 4.79 Å². The van der Waals surface area contributed by atoms with Gasteiger partial charge in [0.05, 0.1) is 12.2 Å². The summed E-state index contributed by atoms with van der Waals surface area (Å²) in [6.45, 7) is 0.773. The molecule has 4 heteroatoms. The molecule has 2 heterocycles. The number of hydrogen-bond donors (Lipinski definition) is 1. The lowest BCUT2D eigenvalue weighted by atomic mass is 9.62. The highest BCUT2D eigenvalue weighted by atomic mass is 16.5. The van der Waals surface area contributed by atoms with Gasteiger partial charge < -0.3 is 14.6 Å². The van der Waals surface area contributed by atoms with Gasteiger partial charge in [-0.2, -0.15) is 0 Å². The van der Waals surface area contributed by atoms with Gasteiger partial charge in [0.25, 0.3) is 0 Å². The predicted molar refractivity (Wildman–Crippen MR) is 112 cm³/mol. The summed E-state index contributed by atoms with van der Waals surface area (Å²) >= 11 is 0. The van der Waals surface area contributed by atoms with Crippen molar-refractivity contribution >= 4 is 5.97 Å². The maximum atomic E-state index is 10.6. The molecular formula is C25H28O4. The Kier molecular flexibility index (Phi) is 5.72. The van der Waals surface area contributed by atoms with Gasteiger partial charge in [-0.15, -0.1) is 0 Å². The minimum atomic E-state index is -0.872. The third kappa shape index (κ3) is 4.38. The first-order valence-corrected chi connectivity index (χ1v) is 10.5. The van der Waals surface area contributed by atoms with Crippen LogP contribution in [-0.2, 0) is 15.1 Å². The average molecular weight is 392 g/mol. The maximum absolute atomic E-state index is 10.6. The number of ether oxygens (including phenoxy) is 2. The molecule has 2 aromatic carbocycles. The van der Waals surface area contributed by atoms with Crippen LogP contribution in [0.4, 0.5) is 0 Å². The number of para-hydroxylation sites is 2. The highest BCUT2D eigenvalue weighted by Crippen LogP contribution is 2.57. The van der Waals surface area contributed by atoms with Crippen molar-refractivity contribution in [1.29, 1.82) is 0 Å². The molecule has 0 atom stereocenters. The number of aliphatic carboxylic acids is 1. The van der Waals surface area contributed by atoms with Crippen molar-refractivity contribution in [3.8, 4) is 11.5 Å². The molecule has 2 saturated heterocycles. The number of rotatable bonds is 8. The second-order valence-electron chi connectivity index (χ2n) is 8.33. The Morgan fingerprint density at radius 1 is 1.03 bits per heavy atom. The average Bonchev–Trinajstić information content (AvgIpc) is 2.76. The molecule has 2 bridgehead atoms. The third-order valence-corrected chi connectivity index (χ3v) is 6.46. The summed E-state index contributed by atoms with van der Waals surface area (Å²) in [5.41, 5.74) is 1.14. The summed E-state index contributed by atoms with van der Waals surface area (Å²) < 4.78 is 12.7. The topological polar surface area (TPSA) is 55.8 Å². The highest BCUT2D eigenvalue weighted by molar-refractivity contribution is 5.79. The van der Waals surface area contributed by atoms with Crippen molar-refractivity contribution in [2.75, 3.05) is 6.61 Å². The van der Waals surface area contributed by atoms with Crippen LogP contribution in [0.1, 0.15) is 50.5 Å². The van der Waals surface area contributed by atoms with Gasteiger partial charge in [0.2, 0.25) is 0 Å². The number of carboxylic acid groups (broad SMARTS) is 1. The van der Waals surface area contributed by atoms with Crippen LogP contribution in [0.15, 0.2) is 66.7 Å². The summed E-state index contributed by atoms with van der Waals surface area (Å²) in [6.07, 6.45) is 10.2. The van der Waals surface area contributed by atoms with Crippen molar-refractivity contribution in [2.45, 2.75) is 50.5 Å². The molecule has 2 aromatic rings. The summed E-state index contributed by atoms with van der Waals surface area (Å²) in [6, 6.07) is 18.2. The van der Waals surface area contributed by atoms with E-state index in [4.69, 9.17) is 14.6 Å². The fraction of sp³-hybridized carbons (Fsp3) is 0.400. The van der Waals surface area contributed by atoms with Gasteiger partial charge in [0.15, 0.2) is 0 Å². The summed E-state index contributed by atoms with van der Waals surface area (Å²) in [7, 11) is 0. The van der Waals surface area contributed by atoms with E-state index >= 15 is 0 Å². The van der Waals surface area contributed by atoms with Crippen molar-refractivity contribution in [3.05, 3.63) is 72.3 Å². The lowest BCUT2D eigenvalue weighted by Crippen LogP contribution is -2.49. The fourth-order valence-electron chi connectivity index (χ4n) is 4.76. The van der Waals surface area contributed by atoms with E-state index in [9.17, 15) is 4.79 Å². The van der Waals surface area contributed by atoms with Gasteiger partial charge >= 0.3 is 5.97 Å². The van der Waals surface area contributed by atoms with Crippen LogP contribution in [0.25, 0.3) is 0 Å². The SMILES string of the molecule is O=C(O)/C=C/CCCC12CCC(c3ccccc3Oc3ccccc3)(CC1)OC2. The molecule has 1 saturated carbocycles. The Labute approximate surface area is 172 Å². The van der Waals surface area contributed by atoms with E-state index in [1.807, 2.05) is 42.5 Å². The van der Waals surface area contributed by atoms with Gasteiger partial charge in [-0.05, 0) is 68.6 Å². The third-order valence-electron chi connectivity index (χ3n) is 6.46. The molecule has 3 aliphatic rings. The van der Waals surface area contributed by atoms with Crippen LogP contribution in [0.5, 0.6) is 11.5 Å². The van der Waals surface area contributed by atoms with E-state index in [1.165, 1.54) is 6.08 Å². The standard InChI is InChI=1S/C25H28O4/c26-23(27)13-5-2-8-14-24-15-17-25(18-16-24,28-19-24)21-11-6-7-12-22(21)29-20-9-3-1-4-10-20/h1,3-7,9-13H,2,8,14-19H2,(H,26,27)/b13-5+. The molecule has 0 unspecified atom stereocenters. The lowest BCUT2D eigenvalue weighted by molar-refractivity contribution is -0.192. The van der Waals surface area contributed by atoms with Crippen molar-refractivity contribution < 1.29 is 19.4 Å². The predicted octanol–water partition coefficient (Wildman–Crippen LogP) is 6.08. The number of benzene rings is 2. The van der Waals surface area contributed by atoms with Gasteiger partial charge in [-0.1, -0.05) is 42.5 Å². The molecule has 0 spiro atoms. The summed E-state index contributed by atoms with van der Waals surface area (Å²) in [5.74, 6) is 0.849. The first-order valence-electron chi connectivity index (χ1n) is 10.5. The second kappa shape index (κ2) is 8.42. The Morgan fingerprint density at radius 2 is 1.76 bits per heavy atom. The molecule has 1 N–H and O–H groups in total. The molecule has 5 rings (SSSR count). The largest absolute Gasteiger partial charge is 0.478 e. The Hall–Kier alpha value is -2.59. The normalized spacial score (nSPS) is 25.9. The molecule has 3 fully saturated rings. The van der Waals surface area contributed by atoms with E-state index in [-0.39, 0.29) is 11.0 Å². The molecule has 4 nitrogen and oxygen atoms in total. The molecule has 0 aromatic heterocycles. The quantitative estimate of drug-likeness (QED) is 0.437. The molecule has 2 aliphatic heterocycles. The van der Waals surface area contributed by atoms with Crippen LogP contribution in [0, 0.1) is 5.41 Å². The summed E-state index contributed by atoms with van der Waals surface area (Å²) in [4.78, 5) is 10.6. The number of allylic oxidation sites excluding steroid dienone is 1. The number of hydrogen-bond acceptors (Lipinski definition) is 3. The Bertz CT molecular complexity index is 847. The zero-order valence-electron chi connectivity index (χ0n) is 16.7. The minimum Gasteiger partial charge on any atom is -0.478 e. The molecule has 0 amide bonds. The highest BCUT2D eigenvalue weighted by Gasteiger charge is 2.51. The number of fused-ring (bicyclic) bond motifs is 3. The van der Waals surface area contributed by atoms with E-state index in [0.29, 0.717) is 0 Å². The Morgan fingerprint density at radius 3 is 2.45 bits per heavy atom.